The number of para-hydroxylation sites is 1. The minimum atomic E-state index is 0.0198. The fraction of sp³-hybridized carbons (Fsp3) is 0.294. The maximum atomic E-state index is 6.13. The minimum absolute atomic E-state index is 0.0198. The van der Waals surface area contributed by atoms with Crippen LogP contribution in [0.3, 0.4) is 0 Å². The van der Waals surface area contributed by atoms with E-state index in [4.69, 9.17) is 10.5 Å². The molecular weight excluding hydrogens is 234 g/mol. The Kier molecular flexibility index (Phi) is 4.58. The molecule has 2 atom stereocenters. The van der Waals surface area contributed by atoms with Crippen molar-refractivity contribution in [1.82, 2.24) is 0 Å². The normalized spacial score (nSPS) is 13.8. The highest BCUT2D eigenvalue weighted by molar-refractivity contribution is 5.36. The Balaban J connectivity index is 2.19. The van der Waals surface area contributed by atoms with E-state index in [0.29, 0.717) is 0 Å². The van der Waals surface area contributed by atoms with E-state index >= 15 is 0 Å². The Morgan fingerprint density at radius 2 is 1.63 bits per heavy atom. The van der Waals surface area contributed by atoms with Gasteiger partial charge in [-0.05, 0) is 25.0 Å². The molecule has 2 aromatic carbocycles. The molecule has 2 aromatic rings. The number of nitrogens with two attached hydrogens (primary N) is 1. The first kappa shape index (κ1) is 13.6. The van der Waals surface area contributed by atoms with E-state index in [9.17, 15) is 0 Å². The summed E-state index contributed by atoms with van der Waals surface area (Å²) in [6.07, 6.45) is 0.923. The van der Waals surface area contributed by atoms with Gasteiger partial charge in [0.25, 0.3) is 0 Å². The highest BCUT2D eigenvalue weighted by Gasteiger charge is 2.13. The van der Waals surface area contributed by atoms with Gasteiger partial charge in [-0.25, -0.2) is 0 Å². The Morgan fingerprint density at radius 1 is 1.00 bits per heavy atom. The summed E-state index contributed by atoms with van der Waals surface area (Å²) in [6, 6.07) is 18.3. The largest absolute Gasteiger partial charge is 0.486 e. The van der Waals surface area contributed by atoms with Gasteiger partial charge in [0.05, 0.1) is 0 Å². The second kappa shape index (κ2) is 6.39. The summed E-state index contributed by atoms with van der Waals surface area (Å²) < 4.78 is 6.07. The quantitative estimate of drug-likeness (QED) is 0.867. The zero-order valence-corrected chi connectivity index (χ0v) is 11.5. The van der Waals surface area contributed by atoms with Crippen LogP contribution < -0.4 is 10.5 Å². The molecule has 2 heteroatoms. The molecule has 2 rings (SSSR count). The zero-order chi connectivity index (χ0) is 13.7. The van der Waals surface area contributed by atoms with Crippen LogP contribution in [0, 0.1) is 0 Å². The molecule has 0 spiro atoms. The molecule has 0 amide bonds. The smallest absolute Gasteiger partial charge is 0.124 e. The third-order valence-electron chi connectivity index (χ3n) is 3.33. The summed E-state index contributed by atoms with van der Waals surface area (Å²) in [6.45, 7) is 4.14. The van der Waals surface area contributed by atoms with Crippen LogP contribution in [0.4, 0.5) is 0 Å². The van der Waals surface area contributed by atoms with Crippen LogP contribution in [0.2, 0.25) is 0 Å². The second-order valence-corrected chi connectivity index (χ2v) is 4.72. The molecule has 0 heterocycles. The first-order valence-corrected chi connectivity index (χ1v) is 6.78. The van der Waals surface area contributed by atoms with Crippen LogP contribution in [0.5, 0.6) is 5.75 Å². The van der Waals surface area contributed by atoms with Crippen LogP contribution in [0.25, 0.3) is 0 Å². The molecule has 19 heavy (non-hydrogen) atoms. The first-order chi connectivity index (χ1) is 9.22. The molecular formula is C17H21NO. The Bertz CT molecular complexity index is 510. The van der Waals surface area contributed by atoms with Gasteiger partial charge in [0, 0.05) is 11.6 Å². The fourth-order valence-electron chi connectivity index (χ4n) is 2.10. The summed E-state index contributed by atoms with van der Waals surface area (Å²) in [5.41, 5.74) is 8.37. The monoisotopic (exact) mass is 255 g/mol. The lowest BCUT2D eigenvalue weighted by atomic mass is 10.0. The van der Waals surface area contributed by atoms with Crippen LogP contribution in [0.1, 0.15) is 43.5 Å². The van der Waals surface area contributed by atoms with Crippen LogP contribution in [0.15, 0.2) is 54.6 Å². The lowest BCUT2D eigenvalue weighted by Gasteiger charge is -2.20. The van der Waals surface area contributed by atoms with Gasteiger partial charge in [0.15, 0.2) is 0 Å². The molecule has 0 fully saturated rings. The third kappa shape index (κ3) is 3.36. The fourth-order valence-corrected chi connectivity index (χ4v) is 2.10. The predicted octanol–water partition coefficient (Wildman–Crippen LogP) is 4.24. The lowest BCUT2D eigenvalue weighted by molar-refractivity contribution is 0.223. The van der Waals surface area contributed by atoms with E-state index in [2.05, 4.69) is 26.0 Å². The van der Waals surface area contributed by atoms with Crippen LogP contribution in [-0.4, -0.2) is 0 Å². The highest BCUT2D eigenvalue weighted by Crippen LogP contribution is 2.29. The van der Waals surface area contributed by atoms with E-state index in [0.717, 1.165) is 17.7 Å². The summed E-state index contributed by atoms with van der Waals surface area (Å²) in [7, 11) is 0. The number of hydrogen-bond donors (Lipinski definition) is 1. The van der Waals surface area contributed by atoms with E-state index in [-0.39, 0.29) is 12.1 Å². The maximum Gasteiger partial charge on any atom is 0.124 e. The van der Waals surface area contributed by atoms with E-state index in [1.165, 1.54) is 5.56 Å². The van der Waals surface area contributed by atoms with Gasteiger partial charge in [-0.1, -0.05) is 55.5 Å². The van der Waals surface area contributed by atoms with Crippen molar-refractivity contribution in [3.05, 3.63) is 65.7 Å². The molecule has 0 aromatic heterocycles. The van der Waals surface area contributed by atoms with Crippen molar-refractivity contribution in [2.45, 2.75) is 32.4 Å². The van der Waals surface area contributed by atoms with Crippen molar-refractivity contribution in [3.8, 4) is 5.75 Å². The van der Waals surface area contributed by atoms with Gasteiger partial charge >= 0.3 is 0 Å². The number of benzene rings is 2. The van der Waals surface area contributed by atoms with Gasteiger partial charge in [-0.3, -0.25) is 0 Å². The molecule has 100 valence electrons. The predicted molar refractivity (Wildman–Crippen MR) is 79.1 cm³/mol. The van der Waals surface area contributed by atoms with E-state index in [1.807, 2.05) is 42.5 Å². The SMILES string of the molecule is CCC(N)c1ccccc1OC(C)c1ccccc1. The third-order valence-corrected chi connectivity index (χ3v) is 3.33. The summed E-state index contributed by atoms with van der Waals surface area (Å²) in [4.78, 5) is 0. The van der Waals surface area contributed by atoms with Gasteiger partial charge in [-0.15, -0.1) is 0 Å². The van der Waals surface area contributed by atoms with Crippen LogP contribution >= 0.6 is 0 Å². The van der Waals surface area contributed by atoms with Gasteiger partial charge in [0.2, 0.25) is 0 Å². The highest BCUT2D eigenvalue weighted by atomic mass is 16.5. The van der Waals surface area contributed by atoms with Crippen molar-refractivity contribution in [2.75, 3.05) is 0 Å². The lowest BCUT2D eigenvalue weighted by Crippen LogP contribution is -2.12. The molecule has 0 saturated carbocycles. The number of hydrogen-bond acceptors (Lipinski definition) is 2. The molecule has 0 aliphatic heterocycles. The molecule has 0 saturated heterocycles. The number of ether oxygens (including phenoxy) is 1. The molecule has 0 aliphatic rings. The first-order valence-electron chi connectivity index (χ1n) is 6.78. The van der Waals surface area contributed by atoms with Gasteiger partial charge < -0.3 is 10.5 Å². The standard InChI is InChI=1S/C17H21NO/c1-3-16(18)15-11-7-8-12-17(15)19-13(2)14-9-5-4-6-10-14/h4-13,16H,3,18H2,1-2H3. The van der Waals surface area contributed by atoms with E-state index < -0.39 is 0 Å². The Labute approximate surface area is 115 Å². The topological polar surface area (TPSA) is 35.2 Å². The van der Waals surface area contributed by atoms with Crippen molar-refractivity contribution >= 4 is 0 Å². The minimum Gasteiger partial charge on any atom is -0.486 e. The van der Waals surface area contributed by atoms with Crippen molar-refractivity contribution in [2.24, 2.45) is 5.73 Å². The average Bonchev–Trinajstić information content (AvgIpc) is 2.48. The molecule has 0 radical (unpaired) electrons. The molecule has 2 unspecified atom stereocenters. The summed E-state index contributed by atoms with van der Waals surface area (Å²) >= 11 is 0. The van der Waals surface area contributed by atoms with Crippen molar-refractivity contribution < 1.29 is 4.74 Å². The maximum absolute atomic E-state index is 6.13. The van der Waals surface area contributed by atoms with Crippen LogP contribution in [-0.2, 0) is 0 Å². The zero-order valence-electron chi connectivity index (χ0n) is 11.5. The molecule has 0 aliphatic carbocycles. The molecule has 2 N–H and O–H groups in total. The molecule has 0 bridgehead atoms. The van der Waals surface area contributed by atoms with Crippen molar-refractivity contribution in [1.29, 1.82) is 0 Å². The van der Waals surface area contributed by atoms with Gasteiger partial charge in [-0.2, -0.15) is 0 Å². The van der Waals surface area contributed by atoms with Gasteiger partial charge in [0.1, 0.15) is 11.9 Å². The Morgan fingerprint density at radius 3 is 2.32 bits per heavy atom. The summed E-state index contributed by atoms with van der Waals surface area (Å²) in [5, 5.41) is 0. The average molecular weight is 255 g/mol. The summed E-state index contributed by atoms with van der Waals surface area (Å²) in [5.74, 6) is 0.883. The Hall–Kier alpha value is -1.80. The second-order valence-electron chi connectivity index (χ2n) is 4.72. The molecule has 2 nitrogen and oxygen atoms in total. The van der Waals surface area contributed by atoms with E-state index in [1.54, 1.807) is 0 Å². The van der Waals surface area contributed by atoms with Crippen molar-refractivity contribution in [3.63, 3.8) is 0 Å². The number of rotatable bonds is 5.